The fourth-order valence-electron chi connectivity index (χ4n) is 4.80. The average molecular weight is 508 g/mol. The van der Waals surface area contributed by atoms with Gasteiger partial charge in [0.15, 0.2) is 5.78 Å². The van der Waals surface area contributed by atoms with Gasteiger partial charge in [-0.05, 0) is 92.2 Å². The SMILES string of the molecule is O=C(C1=C(c2ccc(O)cc2)S(O)(O)c2cc(O)ccc21)c1ccc(OCCN2CCCCC2)cc1. The summed E-state index contributed by atoms with van der Waals surface area (Å²) in [7, 11) is -3.58. The molecule has 0 amide bonds. The highest BCUT2D eigenvalue weighted by Gasteiger charge is 2.40. The number of phenols is 2. The van der Waals surface area contributed by atoms with Crippen LogP contribution in [0.3, 0.4) is 0 Å². The van der Waals surface area contributed by atoms with Crippen LogP contribution in [0.2, 0.25) is 0 Å². The number of piperidine rings is 1. The van der Waals surface area contributed by atoms with Crippen LogP contribution >= 0.6 is 10.6 Å². The van der Waals surface area contributed by atoms with Crippen molar-refractivity contribution < 1.29 is 28.8 Å². The van der Waals surface area contributed by atoms with Crippen LogP contribution in [0.1, 0.15) is 40.7 Å². The molecule has 2 heterocycles. The third-order valence-corrected chi connectivity index (χ3v) is 8.61. The smallest absolute Gasteiger partial charge is 0.195 e. The van der Waals surface area contributed by atoms with Crippen molar-refractivity contribution in [2.45, 2.75) is 24.2 Å². The Morgan fingerprint density at radius 1 is 0.861 bits per heavy atom. The molecular weight excluding hydrogens is 478 g/mol. The fourth-order valence-corrected chi connectivity index (χ4v) is 6.73. The van der Waals surface area contributed by atoms with Gasteiger partial charge in [0.1, 0.15) is 23.9 Å². The highest BCUT2D eigenvalue weighted by Crippen LogP contribution is 2.68. The van der Waals surface area contributed by atoms with Crippen LogP contribution < -0.4 is 4.74 Å². The lowest BCUT2D eigenvalue weighted by Gasteiger charge is -2.31. The Morgan fingerprint density at radius 2 is 1.53 bits per heavy atom. The molecule has 2 aliphatic rings. The summed E-state index contributed by atoms with van der Waals surface area (Å²) in [5.74, 6) is 0.186. The molecule has 8 heteroatoms. The number of hydrogen-bond donors (Lipinski definition) is 4. The van der Waals surface area contributed by atoms with Gasteiger partial charge in [0.2, 0.25) is 0 Å². The number of likely N-dealkylation sites (tertiary alicyclic amines) is 1. The van der Waals surface area contributed by atoms with E-state index in [-0.39, 0.29) is 32.7 Å². The number of hydrogen-bond acceptors (Lipinski definition) is 7. The van der Waals surface area contributed by atoms with E-state index in [1.807, 2.05) is 0 Å². The Bertz CT molecular complexity index is 1290. The molecule has 188 valence electrons. The zero-order valence-electron chi connectivity index (χ0n) is 19.8. The predicted octanol–water partition coefficient (Wildman–Crippen LogP) is 5.84. The van der Waals surface area contributed by atoms with Gasteiger partial charge in [0.25, 0.3) is 0 Å². The zero-order chi connectivity index (χ0) is 25.3. The van der Waals surface area contributed by atoms with E-state index >= 15 is 0 Å². The summed E-state index contributed by atoms with van der Waals surface area (Å²) < 4.78 is 28.3. The van der Waals surface area contributed by atoms with Crippen molar-refractivity contribution in [2.24, 2.45) is 0 Å². The standard InChI is InChI=1S/C28H29NO6S/c30-21-8-4-20(5-9-21)28-26(24-13-10-22(31)18-25(24)36(28,33)34)27(32)19-6-11-23(12-7-19)35-17-16-29-14-2-1-3-15-29/h4-13,18,30-31,33-34H,1-3,14-17H2. The summed E-state index contributed by atoms with van der Waals surface area (Å²) >= 11 is 0. The van der Waals surface area contributed by atoms with Crippen LogP contribution in [0, 0.1) is 0 Å². The van der Waals surface area contributed by atoms with E-state index in [4.69, 9.17) is 4.74 Å². The molecule has 5 rings (SSSR count). The van der Waals surface area contributed by atoms with Crippen molar-refractivity contribution in [1.82, 2.24) is 4.90 Å². The van der Waals surface area contributed by atoms with E-state index in [9.17, 15) is 24.1 Å². The molecule has 4 N–H and O–H groups in total. The van der Waals surface area contributed by atoms with Crippen LogP contribution in [0.15, 0.2) is 71.6 Å². The number of aromatic hydroxyl groups is 2. The zero-order valence-corrected chi connectivity index (χ0v) is 20.6. The first kappa shape index (κ1) is 24.4. The van der Waals surface area contributed by atoms with E-state index in [0.717, 1.165) is 19.6 Å². The van der Waals surface area contributed by atoms with Gasteiger partial charge < -0.3 is 14.9 Å². The van der Waals surface area contributed by atoms with Gasteiger partial charge in [-0.1, -0.05) is 6.42 Å². The summed E-state index contributed by atoms with van der Waals surface area (Å²) in [4.78, 5) is 16.3. The summed E-state index contributed by atoms with van der Waals surface area (Å²) in [6.45, 7) is 3.65. The quantitative estimate of drug-likeness (QED) is 0.298. The molecule has 3 aromatic rings. The summed E-state index contributed by atoms with van der Waals surface area (Å²) in [6.07, 6.45) is 3.75. The van der Waals surface area contributed by atoms with Crippen LogP contribution in [0.25, 0.3) is 10.5 Å². The number of ether oxygens (including phenoxy) is 1. The van der Waals surface area contributed by atoms with Crippen molar-refractivity contribution in [1.29, 1.82) is 0 Å². The van der Waals surface area contributed by atoms with Crippen LogP contribution in [-0.4, -0.2) is 56.2 Å². The van der Waals surface area contributed by atoms with Gasteiger partial charge in [-0.15, -0.1) is 10.6 Å². The third kappa shape index (κ3) is 4.73. The molecule has 7 nitrogen and oxygen atoms in total. The number of benzene rings is 3. The monoisotopic (exact) mass is 507 g/mol. The lowest BCUT2D eigenvalue weighted by Crippen LogP contribution is -2.33. The van der Waals surface area contributed by atoms with Gasteiger partial charge in [0.05, 0.1) is 15.4 Å². The average Bonchev–Trinajstić information content (AvgIpc) is 3.11. The molecule has 2 aliphatic heterocycles. The number of carbonyl (C=O) groups is 1. The van der Waals surface area contributed by atoms with Crippen molar-refractivity contribution in [2.75, 3.05) is 26.2 Å². The van der Waals surface area contributed by atoms with Crippen molar-refractivity contribution in [3.8, 4) is 17.2 Å². The topological polar surface area (TPSA) is 110 Å². The molecule has 0 saturated carbocycles. The summed E-state index contributed by atoms with van der Waals surface area (Å²) in [5, 5.41) is 19.7. The molecule has 0 aliphatic carbocycles. The summed E-state index contributed by atoms with van der Waals surface area (Å²) in [6, 6.07) is 17.0. The second kappa shape index (κ2) is 9.99. The maximum absolute atomic E-state index is 13.7. The van der Waals surface area contributed by atoms with Crippen molar-refractivity contribution in [3.05, 3.63) is 83.4 Å². The van der Waals surface area contributed by atoms with Crippen LogP contribution in [-0.2, 0) is 0 Å². The minimum Gasteiger partial charge on any atom is -0.508 e. The lowest BCUT2D eigenvalue weighted by molar-refractivity contribution is 0.105. The molecule has 0 unspecified atom stereocenters. The Morgan fingerprint density at radius 3 is 2.22 bits per heavy atom. The first-order valence-electron chi connectivity index (χ1n) is 12.0. The molecule has 3 aromatic carbocycles. The second-order valence-electron chi connectivity index (χ2n) is 9.08. The number of ketones is 1. The van der Waals surface area contributed by atoms with Crippen molar-refractivity contribution in [3.63, 3.8) is 0 Å². The van der Waals surface area contributed by atoms with E-state index in [2.05, 4.69) is 4.90 Å². The second-order valence-corrected chi connectivity index (χ2v) is 11.0. The minimum atomic E-state index is -3.58. The molecule has 1 fully saturated rings. The largest absolute Gasteiger partial charge is 0.508 e. The number of rotatable bonds is 7. The molecule has 0 aromatic heterocycles. The number of Topliss-reactive ketones (excluding diaryl/α,β-unsaturated/α-hetero) is 1. The molecule has 0 bridgehead atoms. The number of allylic oxidation sites excluding steroid dienone is 1. The Hall–Kier alpha value is -3.30. The van der Waals surface area contributed by atoms with Gasteiger partial charge in [0, 0.05) is 23.7 Å². The number of fused-ring (bicyclic) bond motifs is 1. The summed E-state index contributed by atoms with van der Waals surface area (Å²) in [5.41, 5.74) is 1.31. The molecule has 0 radical (unpaired) electrons. The highest BCUT2D eigenvalue weighted by atomic mass is 32.3. The molecule has 0 atom stereocenters. The van der Waals surface area contributed by atoms with E-state index < -0.39 is 10.6 Å². The van der Waals surface area contributed by atoms with Crippen LogP contribution in [0.4, 0.5) is 0 Å². The first-order chi connectivity index (χ1) is 17.3. The normalized spacial score (nSPS) is 18.1. The number of nitrogens with zero attached hydrogens (tertiary/aromatic N) is 1. The predicted molar refractivity (Wildman–Crippen MR) is 141 cm³/mol. The molecular formula is C28H29NO6S. The molecule has 1 saturated heterocycles. The fraction of sp³-hybridized carbons (Fsp3) is 0.250. The van der Waals surface area contributed by atoms with Crippen LogP contribution in [0.5, 0.6) is 17.2 Å². The minimum absolute atomic E-state index is 0.0211. The Kier molecular flexibility index (Phi) is 6.77. The van der Waals surface area contributed by atoms with Gasteiger partial charge in [-0.25, -0.2) is 0 Å². The molecule has 0 spiro atoms. The van der Waals surface area contributed by atoms with Crippen molar-refractivity contribution >= 4 is 26.9 Å². The number of phenolic OH excluding ortho intramolecular Hbond substituents is 2. The Balaban J connectivity index is 1.44. The maximum Gasteiger partial charge on any atom is 0.195 e. The third-order valence-electron chi connectivity index (χ3n) is 6.65. The first-order valence-corrected chi connectivity index (χ1v) is 13.5. The van der Waals surface area contributed by atoms with E-state index in [1.165, 1.54) is 61.7 Å². The number of carbonyl (C=O) groups excluding carboxylic acids is 1. The van der Waals surface area contributed by atoms with E-state index in [0.29, 0.717) is 29.0 Å². The van der Waals surface area contributed by atoms with E-state index in [1.54, 1.807) is 24.3 Å². The van der Waals surface area contributed by atoms with Gasteiger partial charge >= 0.3 is 0 Å². The Labute approximate surface area is 211 Å². The van der Waals surface area contributed by atoms with Gasteiger partial charge in [-0.3, -0.25) is 18.8 Å². The lowest BCUT2D eigenvalue weighted by atomic mass is 9.94. The molecule has 36 heavy (non-hydrogen) atoms. The van der Waals surface area contributed by atoms with Gasteiger partial charge in [-0.2, -0.15) is 0 Å². The maximum atomic E-state index is 13.7. The highest BCUT2D eigenvalue weighted by molar-refractivity contribution is 8.32.